The third kappa shape index (κ3) is 3.63. The highest BCUT2D eigenvalue weighted by atomic mass is 35.5. The van der Waals surface area contributed by atoms with Crippen LogP contribution in [-0.2, 0) is 0 Å². The molecule has 2 rings (SSSR count). The Balaban J connectivity index is 2.48. The lowest BCUT2D eigenvalue weighted by atomic mass is 10.2. The van der Waals surface area contributed by atoms with Crippen molar-refractivity contribution < 1.29 is 10.2 Å². The van der Waals surface area contributed by atoms with E-state index in [0.717, 1.165) is 0 Å². The molecule has 2 nitrogen and oxygen atoms in total. The quantitative estimate of drug-likeness (QED) is 0.338. The molecule has 130 valence electrons. The average molecular weight is 485 g/mol. The van der Waals surface area contributed by atoms with Crippen LogP contribution in [0.25, 0.3) is 0 Å². The van der Waals surface area contributed by atoms with E-state index in [1.165, 1.54) is 21.6 Å². The first-order valence-corrected chi connectivity index (χ1v) is 10.6. The summed E-state index contributed by atoms with van der Waals surface area (Å²) in [6, 6.07) is 0. The third-order valence-corrected chi connectivity index (χ3v) is 8.69. The molecular formula is C14H8Cl6O2S2. The highest BCUT2D eigenvalue weighted by Gasteiger charge is 2.22. The van der Waals surface area contributed by atoms with Crippen LogP contribution in [-0.4, -0.2) is 10.2 Å². The van der Waals surface area contributed by atoms with E-state index in [-0.39, 0.29) is 41.6 Å². The molecule has 0 saturated carbocycles. The van der Waals surface area contributed by atoms with Crippen molar-refractivity contribution in [2.24, 2.45) is 0 Å². The summed E-state index contributed by atoms with van der Waals surface area (Å²) in [5.74, 6) is -0.589. The van der Waals surface area contributed by atoms with Crippen molar-refractivity contribution in [1.82, 2.24) is 0 Å². The van der Waals surface area contributed by atoms with E-state index in [1.807, 2.05) is 0 Å². The highest BCUT2D eigenvalue weighted by Crippen LogP contribution is 2.54. The van der Waals surface area contributed by atoms with E-state index in [9.17, 15) is 10.2 Å². The summed E-state index contributed by atoms with van der Waals surface area (Å²) in [5, 5.41) is 20.5. The number of benzene rings is 2. The molecule has 0 aliphatic rings. The smallest absolute Gasteiger partial charge is 0.155 e. The van der Waals surface area contributed by atoms with Gasteiger partial charge in [-0.15, -0.1) is 0 Å². The van der Waals surface area contributed by atoms with Crippen LogP contribution in [0.2, 0.25) is 30.1 Å². The minimum Gasteiger partial charge on any atom is -0.505 e. The summed E-state index contributed by atoms with van der Waals surface area (Å²) in [6.45, 7) is 3.45. The van der Waals surface area contributed by atoms with E-state index in [1.54, 1.807) is 13.8 Å². The van der Waals surface area contributed by atoms with E-state index in [2.05, 4.69) is 0 Å². The van der Waals surface area contributed by atoms with E-state index in [4.69, 9.17) is 69.6 Å². The van der Waals surface area contributed by atoms with Gasteiger partial charge in [0.25, 0.3) is 0 Å². The maximum atomic E-state index is 9.95. The number of hydrogen-bond donors (Lipinski definition) is 2. The molecule has 0 atom stereocenters. The number of halogens is 6. The van der Waals surface area contributed by atoms with Crippen molar-refractivity contribution in [3.8, 4) is 11.5 Å². The van der Waals surface area contributed by atoms with Crippen LogP contribution in [0.5, 0.6) is 11.5 Å². The van der Waals surface area contributed by atoms with Crippen LogP contribution in [0.4, 0.5) is 0 Å². The zero-order valence-electron chi connectivity index (χ0n) is 12.0. The minimum atomic E-state index is -0.295. The first kappa shape index (κ1) is 20.8. The second-order valence-electron chi connectivity index (χ2n) is 4.66. The van der Waals surface area contributed by atoms with Gasteiger partial charge in [-0.3, -0.25) is 0 Å². The first-order valence-electron chi connectivity index (χ1n) is 6.16. The summed E-state index contributed by atoms with van der Waals surface area (Å²) in [6.07, 6.45) is 0. The van der Waals surface area contributed by atoms with Gasteiger partial charge < -0.3 is 10.2 Å². The fourth-order valence-corrected chi connectivity index (χ4v) is 6.49. The average Bonchev–Trinajstić information content (AvgIpc) is 2.57. The highest BCUT2D eigenvalue weighted by molar-refractivity contribution is 8.76. The zero-order chi connectivity index (χ0) is 18.3. The number of hydrogen-bond acceptors (Lipinski definition) is 4. The van der Waals surface area contributed by atoms with Gasteiger partial charge in [-0.25, -0.2) is 0 Å². The first-order chi connectivity index (χ1) is 11.1. The Hall–Kier alpha value is 0.480. The van der Waals surface area contributed by atoms with Crippen molar-refractivity contribution in [1.29, 1.82) is 0 Å². The van der Waals surface area contributed by atoms with E-state index in [0.29, 0.717) is 20.9 Å². The monoisotopic (exact) mass is 482 g/mol. The van der Waals surface area contributed by atoms with Crippen molar-refractivity contribution >= 4 is 91.2 Å². The molecule has 0 aromatic heterocycles. The Morgan fingerprint density at radius 1 is 0.542 bits per heavy atom. The summed E-state index contributed by atoms with van der Waals surface area (Å²) < 4.78 is 0. The molecule has 2 aromatic rings. The van der Waals surface area contributed by atoms with Gasteiger partial charge in [-0.2, -0.15) is 0 Å². The Morgan fingerprint density at radius 2 is 0.833 bits per heavy atom. The second-order valence-corrected chi connectivity index (χ2v) is 9.07. The summed E-state index contributed by atoms with van der Waals surface area (Å²) in [4.78, 5) is 1.05. The molecule has 0 bridgehead atoms. The molecule has 0 fully saturated rings. The van der Waals surface area contributed by atoms with Gasteiger partial charge >= 0.3 is 0 Å². The van der Waals surface area contributed by atoms with Crippen LogP contribution in [0.15, 0.2) is 9.79 Å². The van der Waals surface area contributed by atoms with Gasteiger partial charge in [-0.05, 0) is 25.0 Å². The second kappa shape index (κ2) is 8.01. The number of rotatable bonds is 3. The Morgan fingerprint density at radius 3 is 1.12 bits per heavy atom. The summed E-state index contributed by atoms with van der Waals surface area (Å²) >= 11 is 36.3. The lowest BCUT2D eigenvalue weighted by Crippen LogP contribution is -1.88. The Bertz CT molecular complexity index is 713. The maximum Gasteiger partial charge on any atom is 0.155 e. The zero-order valence-corrected chi connectivity index (χ0v) is 18.1. The van der Waals surface area contributed by atoms with Crippen molar-refractivity contribution in [2.45, 2.75) is 23.6 Å². The Labute approximate surface area is 176 Å². The van der Waals surface area contributed by atoms with Gasteiger partial charge in [-0.1, -0.05) is 91.2 Å². The third-order valence-electron chi connectivity index (χ3n) is 3.16. The standard InChI is InChI=1S/C14H8Cl6O2S2/c1-3-5(15)7(17)11(21)9(19)13(3)23-24-14-4(2)6(16)8(18)12(22)10(14)20/h21-22H,1-2H3. The molecule has 0 aliphatic heterocycles. The maximum absolute atomic E-state index is 9.95. The molecule has 10 heteroatoms. The number of aromatic hydroxyl groups is 2. The molecule has 0 amide bonds. The lowest BCUT2D eigenvalue weighted by Gasteiger charge is -2.15. The predicted octanol–water partition coefficient (Wildman–Crippen LogP) is 8.43. The molecule has 0 aliphatic carbocycles. The molecule has 0 saturated heterocycles. The summed E-state index contributed by atoms with van der Waals surface area (Å²) in [5.41, 5.74) is 1.22. The normalized spacial score (nSPS) is 11.2. The summed E-state index contributed by atoms with van der Waals surface area (Å²) in [7, 11) is 2.40. The van der Waals surface area contributed by atoms with Gasteiger partial charge in [0.15, 0.2) is 11.5 Å². The van der Waals surface area contributed by atoms with E-state index < -0.39 is 0 Å². The van der Waals surface area contributed by atoms with Crippen LogP contribution in [0, 0.1) is 13.8 Å². The van der Waals surface area contributed by atoms with Crippen molar-refractivity contribution in [3.63, 3.8) is 0 Å². The minimum absolute atomic E-state index is 0.00471. The van der Waals surface area contributed by atoms with Gasteiger partial charge in [0.05, 0.1) is 20.1 Å². The van der Waals surface area contributed by atoms with Crippen LogP contribution >= 0.6 is 91.2 Å². The predicted molar refractivity (Wildman–Crippen MR) is 107 cm³/mol. The fourth-order valence-electron chi connectivity index (χ4n) is 1.76. The van der Waals surface area contributed by atoms with Gasteiger partial charge in [0.1, 0.15) is 10.0 Å². The molecule has 0 heterocycles. The number of phenolic OH excluding ortho intramolecular Hbond substituents is 2. The molecule has 0 radical (unpaired) electrons. The molecular weight excluding hydrogens is 477 g/mol. The van der Waals surface area contributed by atoms with Crippen molar-refractivity contribution in [2.75, 3.05) is 0 Å². The molecule has 2 aromatic carbocycles. The largest absolute Gasteiger partial charge is 0.505 e. The van der Waals surface area contributed by atoms with Crippen LogP contribution < -0.4 is 0 Å². The Kier molecular flexibility index (Phi) is 6.94. The SMILES string of the molecule is Cc1c(Cl)c(Cl)c(O)c(Cl)c1SSc1c(C)c(Cl)c(Cl)c(O)c1Cl. The fraction of sp³-hybridized carbons (Fsp3) is 0.143. The van der Waals surface area contributed by atoms with E-state index >= 15 is 0 Å². The van der Waals surface area contributed by atoms with Crippen LogP contribution in [0.3, 0.4) is 0 Å². The molecule has 0 unspecified atom stereocenters. The van der Waals surface area contributed by atoms with Crippen LogP contribution in [0.1, 0.15) is 11.1 Å². The molecule has 2 N–H and O–H groups in total. The number of phenols is 2. The van der Waals surface area contributed by atoms with Gasteiger partial charge in [0, 0.05) is 9.79 Å². The van der Waals surface area contributed by atoms with Gasteiger partial charge in [0.2, 0.25) is 0 Å². The lowest BCUT2D eigenvalue weighted by molar-refractivity contribution is 0.473. The molecule has 24 heavy (non-hydrogen) atoms. The topological polar surface area (TPSA) is 40.5 Å². The van der Waals surface area contributed by atoms with Crippen molar-refractivity contribution in [3.05, 3.63) is 41.3 Å². The molecule has 0 spiro atoms.